The molecule has 100 valence electrons. The largest absolute Gasteiger partial charge is 0.379 e. The van der Waals surface area contributed by atoms with Crippen molar-refractivity contribution in [3.8, 4) is 0 Å². The Balaban J connectivity index is 1.78. The lowest BCUT2D eigenvalue weighted by Crippen LogP contribution is -2.28. The van der Waals surface area contributed by atoms with Gasteiger partial charge in [0, 0.05) is 13.0 Å². The highest BCUT2D eigenvalue weighted by atomic mass is 19.1. The number of rotatable bonds is 3. The lowest BCUT2D eigenvalue weighted by Gasteiger charge is -2.14. The molecule has 0 bridgehead atoms. The fraction of sp³-hybridized carbons (Fsp3) is 0.385. The van der Waals surface area contributed by atoms with Gasteiger partial charge in [-0.1, -0.05) is 17.3 Å². The van der Waals surface area contributed by atoms with Crippen LogP contribution in [0.2, 0.25) is 0 Å². The molecule has 1 unspecified atom stereocenters. The molecule has 0 amide bonds. The van der Waals surface area contributed by atoms with Crippen LogP contribution < -0.4 is 5.32 Å². The summed E-state index contributed by atoms with van der Waals surface area (Å²) in [6.45, 7) is 1.13. The van der Waals surface area contributed by atoms with Crippen LogP contribution in [0.3, 0.4) is 0 Å². The normalized spacial score (nSPS) is 22.8. The third kappa shape index (κ3) is 2.50. The van der Waals surface area contributed by atoms with Crippen LogP contribution in [0.1, 0.15) is 23.7 Å². The maximum atomic E-state index is 13.1. The van der Waals surface area contributed by atoms with Crippen molar-refractivity contribution >= 4 is 0 Å². The summed E-state index contributed by atoms with van der Waals surface area (Å²) in [6.07, 6.45) is 0.930. The van der Waals surface area contributed by atoms with Gasteiger partial charge in [-0.2, -0.15) is 4.98 Å². The Bertz CT molecular complexity index is 579. The maximum Gasteiger partial charge on any atom is 0.259 e. The van der Waals surface area contributed by atoms with E-state index in [0.29, 0.717) is 25.2 Å². The number of nitrogens with one attached hydrogen (secondary N) is 1. The minimum absolute atomic E-state index is 0.226. The van der Waals surface area contributed by atoms with Crippen molar-refractivity contribution in [1.29, 1.82) is 0 Å². The van der Waals surface area contributed by atoms with Crippen molar-refractivity contribution in [2.24, 2.45) is 0 Å². The summed E-state index contributed by atoms with van der Waals surface area (Å²) in [7, 11) is 0. The predicted molar refractivity (Wildman–Crippen MR) is 64.9 cm³/mol. The van der Waals surface area contributed by atoms with E-state index in [1.165, 1.54) is 12.1 Å². The molecule has 1 aromatic carbocycles. The summed E-state index contributed by atoms with van der Waals surface area (Å²) >= 11 is 0. The average Bonchev–Trinajstić information content (AvgIpc) is 2.99. The van der Waals surface area contributed by atoms with E-state index in [9.17, 15) is 9.50 Å². The fourth-order valence-corrected chi connectivity index (χ4v) is 2.21. The zero-order valence-corrected chi connectivity index (χ0v) is 10.3. The van der Waals surface area contributed by atoms with Gasteiger partial charge < -0.3 is 14.9 Å². The molecule has 1 aliphatic rings. The Hall–Kier alpha value is -1.79. The van der Waals surface area contributed by atoms with E-state index in [2.05, 4.69) is 15.5 Å². The summed E-state index contributed by atoms with van der Waals surface area (Å²) in [6, 6.07) is 6.25. The number of aliphatic hydroxyl groups is 1. The van der Waals surface area contributed by atoms with Gasteiger partial charge in [0.15, 0.2) is 11.4 Å². The molecule has 1 fully saturated rings. The van der Waals surface area contributed by atoms with Gasteiger partial charge in [-0.3, -0.25) is 0 Å². The van der Waals surface area contributed by atoms with Crippen LogP contribution in [-0.4, -0.2) is 28.3 Å². The van der Waals surface area contributed by atoms with Crippen LogP contribution in [0.25, 0.3) is 0 Å². The third-order valence-electron chi connectivity index (χ3n) is 3.25. The molecule has 3 rings (SSSR count). The van der Waals surface area contributed by atoms with Gasteiger partial charge in [0.2, 0.25) is 0 Å². The minimum Gasteiger partial charge on any atom is -0.379 e. The molecule has 0 aliphatic carbocycles. The summed E-state index contributed by atoms with van der Waals surface area (Å²) in [5.41, 5.74) is -0.309. The van der Waals surface area contributed by atoms with Gasteiger partial charge in [0.05, 0.1) is 0 Å². The quantitative estimate of drug-likeness (QED) is 0.863. The van der Waals surface area contributed by atoms with Crippen molar-refractivity contribution < 1.29 is 14.0 Å². The second kappa shape index (κ2) is 4.71. The van der Waals surface area contributed by atoms with Gasteiger partial charge in [0.25, 0.3) is 5.89 Å². The first-order chi connectivity index (χ1) is 9.16. The Labute approximate surface area is 109 Å². The van der Waals surface area contributed by atoms with Crippen molar-refractivity contribution in [3.63, 3.8) is 0 Å². The van der Waals surface area contributed by atoms with E-state index in [0.717, 1.165) is 12.1 Å². The first-order valence-electron chi connectivity index (χ1n) is 6.16. The van der Waals surface area contributed by atoms with Crippen LogP contribution in [0.15, 0.2) is 28.8 Å². The fourth-order valence-electron chi connectivity index (χ4n) is 2.21. The Morgan fingerprint density at radius 1 is 1.47 bits per heavy atom. The zero-order chi connectivity index (χ0) is 13.3. The minimum atomic E-state index is -1.08. The van der Waals surface area contributed by atoms with Crippen molar-refractivity contribution in [1.82, 2.24) is 15.5 Å². The second-order valence-electron chi connectivity index (χ2n) is 4.78. The molecule has 19 heavy (non-hydrogen) atoms. The molecule has 1 atom stereocenters. The number of hydrogen-bond donors (Lipinski definition) is 2. The molecule has 1 aromatic heterocycles. The molecule has 1 saturated heterocycles. The molecule has 6 heteroatoms. The molecular weight excluding hydrogens is 249 g/mol. The maximum absolute atomic E-state index is 13.1. The number of β-amino-alcohol motifs (C(OH)–C–C–N with tert-alkyl or cyclic N) is 1. The van der Waals surface area contributed by atoms with Gasteiger partial charge in [-0.15, -0.1) is 0 Å². The van der Waals surface area contributed by atoms with Crippen molar-refractivity contribution in [2.75, 3.05) is 13.1 Å². The van der Waals surface area contributed by atoms with E-state index >= 15 is 0 Å². The lowest BCUT2D eigenvalue weighted by atomic mass is 10.0. The molecule has 2 heterocycles. The molecule has 0 spiro atoms. The molecule has 2 N–H and O–H groups in total. The summed E-state index contributed by atoms with van der Waals surface area (Å²) < 4.78 is 18.2. The highest BCUT2D eigenvalue weighted by molar-refractivity contribution is 5.20. The van der Waals surface area contributed by atoms with Crippen molar-refractivity contribution in [3.05, 3.63) is 47.4 Å². The van der Waals surface area contributed by atoms with Crippen LogP contribution in [-0.2, 0) is 12.0 Å². The predicted octanol–water partition coefficient (Wildman–Crippen LogP) is 0.980. The lowest BCUT2D eigenvalue weighted by molar-refractivity contribution is 0.0243. The highest BCUT2D eigenvalue weighted by Gasteiger charge is 2.38. The zero-order valence-electron chi connectivity index (χ0n) is 10.3. The molecular formula is C13H14FN3O2. The van der Waals surface area contributed by atoms with Gasteiger partial charge in [-0.05, 0) is 30.7 Å². The first kappa shape index (κ1) is 12.3. The average molecular weight is 263 g/mol. The van der Waals surface area contributed by atoms with E-state index in [1.807, 2.05) is 0 Å². The second-order valence-corrected chi connectivity index (χ2v) is 4.78. The van der Waals surface area contributed by atoms with E-state index in [-0.39, 0.29) is 11.7 Å². The molecule has 0 saturated carbocycles. The number of hydrogen-bond acceptors (Lipinski definition) is 5. The van der Waals surface area contributed by atoms with Gasteiger partial charge >= 0.3 is 0 Å². The van der Waals surface area contributed by atoms with Crippen LogP contribution in [0, 0.1) is 5.82 Å². The van der Waals surface area contributed by atoms with E-state index < -0.39 is 5.60 Å². The smallest absolute Gasteiger partial charge is 0.259 e. The molecule has 2 aromatic rings. The SMILES string of the molecule is OC1(c2nc(Cc3cccc(F)c3)no2)CCNC1. The first-order valence-corrected chi connectivity index (χ1v) is 6.16. The Kier molecular flexibility index (Phi) is 3.04. The van der Waals surface area contributed by atoms with E-state index in [4.69, 9.17) is 4.52 Å². The molecule has 1 aliphatic heterocycles. The third-order valence-corrected chi connectivity index (χ3v) is 3.25. The summed E-state index contributed by atoms with van der Waals surface area (Å²) in [5, 5.41) is 17.2. The van der Waals surface area contributed by atoms with Crippen molar-refractivity contribution in [2.45, 2.75) is 18.4 Å². The summed E-state index contributed by atoms with van der Waals surface area (Å²) in [4.78, 5) is 4.20. The van der Waals surface area contributed by atoms with Crippen LogP contribution in [0.4, 0.5) is 4.39 Å². The number of nitrogens with zero attached hydrogens (tertiary/aromatic N) is 2. The Morgan fingerprint density at radius 2 is 2.37 bits per heavy atom. The highest BCUT2D eigenvalue weighted by Crippen LogP contribution is 2.26. The summed E-state index contributed by atoms with van der Waals surface area (Å²) in [5.74, 6) is 0.379. The molecule has 0 radical (unpaired) electrons. The Morgan fingerprint density at radius 3 is 3.11 bits per heavy atom. The monoisotopic (exact) mass is 263 g/mol. The van der Waals surface area contributed by atoms with E-state index in [1.54, 1.807) is 12.1 Å². The number of aromatic nitrogens is 2. The number of benzene rings is 1. The molecule has 5 nitrogen and oxygen atoms in total. The topological polar surface area (TPSA) is 71.2 Å². The van der Waals surface area contributed by atoms with Crippen LogP contribution >= 0.6 is 0 Å². The van der Waals surface area contributed by atoms with Gasteiger partial charge in [-0.25, -0.2) is 4.39 Å². The van der Waals surface area contributed by atoms with Gasteiger partial charge in [0.1, 0.15) is 5.82 Å². The van der Waals surface area contributed by atoms with Crippen LogP contribution in [0.5, 0.6) is 0 Å². The number of halogens is 1. The standard InChI is InChI=1S/C13H14FN3O2/c14-10-3-1-2-9(6-10)7-11-16-12(19-17-11)13(18)4-5-15-8-13/h1-3,6,15,18H,4-5,7-8H2.